The monoisotopic (exact) mass is 344 g/mol. The van der Waals surface area contributed by atoms with Crippen molar-refractivity contribution in [1.29, 1.82) is 0 Å². The number of aromatic nitrogens is 3. The van der Waals surface area contributed by atoms with E-state index in [2.05, 4.69) is 15.4 Å². The van der Waals surface area contributed by atoms with Crippen LogP contribution in [0, 0.1) is 18.6 Å². The van der Waals surface area contributed by atoms with Gasteiger partial charge in [0.2, 0.25) is 0 Å². The van der Waals surface area contributed by atoms with E-state index in [1.165, 1.54) is 6.07 Å². The average molecular weight is 344 g/mol. The zero-order valence-corrected chi connectivity index (χ0v) is 14.4. The van der Waals surface area contributed by atoms with E-state index in [4.69, 9.17) is 0 Å². The maximum Gasteiger partial charge on any atom is 0.256 e. The van der Waals surface area contributed by atoms with Crippen molar-refractivity contribution in [2.24, 2.45) is 7.05 Å². The highest BCUT2D eigenvalue weighted by atomic mass is 19.1. The summed E-state index contributed by atoms with van der Waals surface area (Å²) in [6.07, 6.45) is 0. The Morgan fingerprint density at radius 3 is 2.60 bits per heavy atom. The first kappa shape index (κ1) is 17.0. The van der Waals surface area contributed by atoms with E-state index in [9.17, 15) is 13.6 Å². The molecule has 0 bridgehead atoms. The van der Waals surface area contributed by atoms with Gasteiger partial charge < -0.3 is 5.32 Å². The Hall–Kier alpha value is -2.83. The van der Waals surface area contributed by atoms with Crippen molar-refractivity contribution in [1.82, 2.24) is 14.8 Å². The molecule has 7 heteroatoms. The minimum Gasteiger partial charge on any atom is -0.319 e. The predicted octanol–water partition coefficient (Wildman–Crippen LogP) is 3.93. The highest BCUT2D eigenvalue weighted by molar-refractivity contribution is 6.12. The van der Waals surface area contributed by atoms with Gasteiger partial charge in [-0.3, -0.25) is 9.48 Å². The molecule has 0 atom stereocenters. The third-order valence-corrected chi connectivity index (χ3v) is 4.00. The summed E-state index contributed by atoms with van der Waals surface area (Å²) in [6, 6.07) is 4.71. The van der Waals surface area contributed by atoms with Crippen LogP contribution >= 0.6 is 0 Å². The number of carbonyl (C=O) groups excluding carboxylic acids is 1. The van der Waals surface area contributed by atoms with E-state index in [0.717, 1.165) is 17.8 Å². The zero-order chi connectivity index (χ0) is 18.3. The summed E-state index contributed by atoms with van der Waals surface area (Å²) >= 11 is 0. The second kappa shape index (κ2) is 6.23. The van der Waals surface area contributed by atoms with E-state index in [0.29, 0.717) is 22.3 Å². The van der Waals surface area contributed by atoms with Crippen LogP contribution in [0.2, 0.25) is 0 Å². The SMILES string of the molecule is Cc1nn(C)c2nc(C(C)C)cc(C(=O)Nc3ccc(F)cc3F)c12. The van der Waals surface area contributed by atoms with Crippen LogP contribution in [0.1, 0.15) is 41.5 Å². The molecule has 0 radical (unpaired) electrons. The lowest BCUT2D eigenvalue weighted by Crippen LogP contribution is -2.15. The Labute approximate surface area is 143 Å². The topological polar surface area (TPSA) is 59.8 Å². The number of halogens is 2. The van der Waals surface area contributed by atoms with Crippen LogP contribution < -0.4 is 5.32 Å². The molecule has 1 N–H and O–H groups in total. The van der Waals surface area contributed by atoms with Gasteiger partial charge in [0.05, 0.1) is 22.3 Å². The molecule has 0 aliphatic carbocycles. The Bertz CT molecular complexity index is 979. The maximum atomic E-state index is 13.8. The van der Waals surface area contributed by atoms with Crippen LogP contribution in [0.3, 0.4) is 0 Å². The molecular weight excluding hydrogens is 326 g/mol. The van der Waals surface area contributed by atoms with Crippen molar-refractivity contribution < 1.29 is 13.6 Å². The number of rotatable bonds is 3. The third-order valence-electron chi connectivity index (χ3n) is 4.00. The van der Waals surface area contributed by atoms with Crippen LogP contribution in [0.4, 0.5) is 14.5 Å². The summed E-state index contributed by atoms with van der Waals surface area (Å²) in [5, 5.41) is 7.44. The lowest BCUT2D eigenvalue weighted by Gasteiger charge is -2.11. The quantitative estimate of drug-likeness (QED) is 0.783. The molecule has 1 amide bonds. The molecule has 3 rings (SSSR count). The highest BCUT2D eigenvalue weighted by Gasteiger charge is 2.20. The molecule has 5 nitrogen and oxygen atoms in total. The van der Waals surface area contributed by atoms with Gasteiger partial charge in [-0.15, -0.1) is 0 Å². The smallest absolute Gasteiger partial charge is 0.256 e. The molecule has 2 heterocycles. The molecule has 0 aliphatic rings. The highest BCUT2D eigenvalue weighted by Crippen LogP contribution is 2.26. The average Bonchev–Trinajstić information content (AvgIpc) is 2.83. The van der Waals surface area contributed by atoms with Crippen molar-refractivity contribution in [2.45, 2.75) is 26.7 Å². The van der Waals surface area contributed by atoms with Gasteiger partial charge in [0, 0.05) is 18.8 Å². The van der Waals surface area contributed by atoms with Crippen LogP contribution in [-0.2, 0) is 7.05 Å². The van der Waals surface area contributed by atoms with Gasteiger partial charge in [0.25, 0.3) is 5.91 Å². The van der Waals surface area contributed by atoms with Gasteiger partial charge in [-0.1, -0.05) is 13.8 Å². The molecule has 25 heavy (non-hydrogen) atoms. The Morgan fingerprint density at radius 2 is 1.96 bits per heavy atom. The molecule has 0 fully saturated rings. The van der Waals surface area contributed by atoms with Gasteiger partial charge in [-0.05, 0) is 31.0 Å². The molecule has 2 aromatic heterocycles. The van der Waals surface area contributed by atoms with Crippen molar-refractivity contribution in [3.05, 3.63) is 52.9 Å². The minimum absolute atomic E-state index is 0.0796. The van der Waals surface area contributed by atoms with Crippen LogP contribution in [-0.4, -0.2) is 20.7 Å². The number of pyridine rings is 1. The number of anilines is 1. The number of hydrogen-bond acceptors (Lipinski definition) is 3. The summed E-state index contributed by atoms with van der Waals surface area (Å²) in [4.78, 5) is 17.3. The largest absolute Gasteiger partial charge is 0.319 e. The Morgan fingerprint density at radius 1 is 1.24 bits per heavy atom. The van der Waals surface area contributed by atoms with E-state index < -0.39 is 17.5 Å². The van der Waals surface area contributed by atoms with Crippen molar-refractivity contribution in [3.63, 3.8) is 0 Å². The molecule has 0 saturated heterocycles. The molecule has 3 aromatic rings. The molecule has 0 unspecified atom stereocenters. The standard InChI is InChI=1S/C18H18F2N4O/c1-9(2)15-8-12(16-10(3)23-24(4)17(16)21-15)18(25)22-14-6-5-11(19)7-13(14)20/h5-9H,1-4H3,(H,22,25). The third kappa shape index (κ3) is 3.09. The van der Waals surface area contributed by atoms with E-state index >= 15 is 0 Å². The van der Waals surface area contributed by atoms with Crippen LogP contribution in [0.15, 0.2) is 24.3 Å². The van der Waals surface area contributed by atoms with Gasteiger partial charge in [-0.25, -0.2) is 13.8 Å². The second-order valence-electron chi connectivity index (χ2n) is 6.24. The number of fused-ring (bicyclic) bond motifs is 1. The lowest BCUT2D eigenvalue weighted by molar-refractivity contribution is 0.102. The lowest BCUT2D eigenvalue weighted by atomic mass is 10.0. The Balaban J connectivity index is 2.11. The van der Waals surface area contributed by atoms with Gasteiger partial charge in [0.1, 0.15) is 11.6 Å². The molecule has 0 spiro atoms. The number of carbonyl (C=O) groups is 1. The van der Waals surface area contributed by atoms with Crippen molar-refractivity contribution >= 4 is 22.6 Å². The van der Waals surface area contributed by atoms with Crippen molar-refractivity contribution in [3.8, 4) is 0 Å². The van der Waals surface area contributed by atoms with E-state index in [1.807, 2.05) is 13.8 Å². The van der Waals surface area contributed by atoms with Gasteiger partial charge in [0.15, 0.2) is 5.65 Å². The fraction of sp³-hybridized carbons (Fsp3) is 0.278. The number of aryl methyl sites for hydroxylation is 2. The summed E-state index contributed by atoms with van der Waals surface area (Å²) in [7, 11) is 1.76. The first-order valence-electron chi connectivity index (χ1n) is 7.88. The summed E-state index contributed by atoms with van der Waals surface area (Å²) in [5.74, 6) is -1.91. The first-order valence-corrected chi connectivity index (χ1v) is 7.88. The minimum atomic E-state index is -0.828. The number of hydrogen-bond donors (Lipinski definition) is 1. The molecule has 130 valence electrons. The Kier molecular flexibility index (Phi) is 4.24. The van der Waals surface area contributed by atoms with Crippen molar-refractivity contribution in [2.75, 3.05) is 5.32 Å². The predicted molar refractivity (Wildman–Crippen MR) is 91.6 cm³/mol. The first-order chi connectivity index (χ1) is 11.8. The zero-order valence-electron chi connectivity index (χ0n) is 14.4. The summed E-state index contributed by atoms with van der Waals surface area (Å²) < 4.78 is 28.5. The normalized spacial score (nSPS) is 11.3. The molecule has 1 aromatic carbocycles. The van der Waals surface area contributed by atoms with Gasteiger partial charge >= 0.3 is 0 Å². The second-order valence-corrected chi connectivity index (χ2v) is 6.24. The number of benzene rings is 1. The van der Waals surface area contributed by atoms with Gasteiger partial charge in [-0.2, -0.15) is 5.10 Å². The summed E-state index contributed by atoms with van der Waals surface area (Å²) in [5.41, 5.74) is 2.27. The molecule has 0 aliphatic heterocycles. The maximum absolute atomic E-state index is 13.8. The van der Waals surface area contributed by atoms with E-state index in [1.54, 1.807) is 24.7 Å². The number of amides is 1. The summed E-state index contributed by atoms with van der Waals surface area (Å²) in [6.45, 7) is 5.73. The van der Waals surface area contributed by atoms with E-state index in [-0.39, 0.29) is 11.6 Å². The molecule has 0 saturated carbocycles. The fourth-order valence-corrected chi connectivity index (χ4v) is 2.72. The van der Waals surface area contributed by atoms with Crippen LogP contribution in [0.25, 0.3) is 11.0 Å². The number of nitrogens with zero attached hydrogens (tertiary/aromatic N) is 3. The molecular formula is C18H18F2N4O. The van der Waals surface area contributed by atoms with Crippen LogP contribution in [0.5, 0.6) is 0 Å². The fourth-order valence-electron chi connectivity index (χ4n) is 2.72. The number of nitrogens with one attached hydrogen (secondary N) is 1.